The van der Waals surface area contributed by atoms with Crippen molar-refractivity contribution in [2.75, 3.05) is 20.8 Å². The van der Waals surface area contributed by atoms with Crippen LogP contribution in [-0.4, -0.2) is 31.6 Å². The predicted molar refractivity (Wildman–Crippen MR) is 98.5 cm³/mol. The van der Waals surface area contributed by atoms with Gasteiger partial charge in [-0.3, -0.25) is 4.79 Å². The summed E-state index contributed by atoms with van der Waals surface area (Å²) in [7, 11) is 3.14. The Bertz CT molecular complexity index is 862. The molecule has 0 saturated heterocycles. The molecule has 0 fully saturated rings. The molecule has 1 amide bonds. The fourth-order valence-electron chi connectivity index (χ4n) is 3.57. The highest BCUT2D eigenvalue weighted by atomic mass is 19.4. The molecule has 0 aliphatic carbocycles. The molecule has 0 radical (unpaired) electrons. The Kier molecular flexibility index (Phi) is 5.54. The summed E-state index contributed by atoms with van der Waals surface area (Å²) in [4.78, 5) is 14.6. The second kappa shape index (κ2) is 7.73. The Morgan fingerprint density at radius 1 is 1.11 bits per heavy atom. The number of carbonyl (C=O) groups excluding carboxylic acids is 1. The summed E-state index contributed by atoms with van der Waals surface area (Å²) in [6.45, 7) is 2.48. The Morgan fingerprint density at radius 3 is 2.29 bits per heavy atom. The van der Waals surface area contributed by atoms with Crippen LogP contribution in [0.4, 0.5) is 13.2 Å². The molecule has 28 heavy (non-hydrogen) atoms. The number of rotatable bonds is 4. The van der Waals surface area contributed by atoms with Crippen LogP contribution in [0.25, 0.3) is 0 Å². The average Bonchev–Trinajstić information content (AvgIpc) is 2.67. The van der Waals surface area contributed by atoms with Crippen molar-refractivity contribution in [3.63, 3.8) is 0 Å². The highest BCUT2D eigenvalue weighted by molar-refractivity contribution is 5.79. The number of hydrogen-bond donors (Lipinski definition) is 0. The van der Waals surface area contributed by atoms with Gasteiger partial charge in [-0.05, 0) is 54.3 Å². The molecule has 7 heteroatoms. The highest BCUT2D eigenvalue weighted by Crippen LogP contribution is 2.38. The maximum Gasteiger partial charge on any atom is 0.416 e. The van der Waals surface area contributed by atoms with E-state index < -0.39 is 11.7 Å². The molecule has 0 N–H and O–H groups in total. The summed E-state index contributed by atoms with van der Waals surface area (Å²) >= 11 is 0. The van der Waals surface area contributed by atoms with E-state index in [1.807, 2.05) is 19.1 Å². The summed E-state index contributed by atoms with van der Waals surface area (Å²) in [5.74, 6) is 1.14. The second-order valence-corrected chi connectivity index (χ2v) is 6.79. The van der Waals surface area contributed by atoms with E-state index in [-0.39, 0.29) is 18.4 Å². The molecule has 1 aliphatic heterocycles. The van der Waals surface area contributed by atoms with Crippen molar-refractivity contribution < 1.29 is 27.4 Å². The number of carbonyl (C=O) groups is 1. The van der Waals surface area contributed by atoms with Crippen LogP contribution in [0.2, 0.25) is 0 Å². The van der Waals surface area contributed by atoms with Crippen molar-refractivity contribution in [2.45, 2.75) is 32.0 Å². The van der Waals surface area contributed by atoms with Crippen molar-refractivity contribution in [1.82, 2.24) is 4.90 Å². The van der Waals surface area contributed by atoms with Crippen LogP contribution in [0.1, 0.15) is 35.2 Å². The van der Waals surface area contributed by atoms with Gasteiger partial charge in [0.2, 0.25) is 5.91 Å². The topological polar surface area (TPSA) is 38.8 Å². The monoisotopic (exact) mass is 393 g/mol. The molecule has 1 atom stereocenters. The van der Waals surface area contributed by atoms with E-state index in [9.17, 15) is 18.0 Å². The number of ether oxygens (including phenoxy) is 2. The molecule has 150 valence electrons. The first kappa shape index (κ1) is 20.0. The number of hydrogen-bond acceptors (Lipinski definition) is 3. The zero-order chi connectivity index (χ0) is 20.5. The number of nitrogens with zero attached hydrogens (tertiary/aromatic N) is 1. The fraction of sp³-hybridized carbons (Fsp3) is 0.381. The summed E-state index contributed by atoms with van der Waals surface area (Å²) in [6, 6.07) is 8.39. The van der Waals surface area contributed by atoms with Crippen LogP contribution in [0.15, 0.2) is 36.4 Å². The standard InChI is InChI=1S/C21H22F3NO3/c1-13-17-12-19(28-3)18(27-2)11-15(17)8-9-25(13)20(26)10-14-4-6-16(7-5-14)21(22,23)24/h4-7,11-13H,8-10H2,1-3H3/t13-/m0/s1. The van der Waals surface area contributed by atoms with Crippen LogP contribution in [0.5, 0.6) is 11.5 Å². The second-order valence-electron chi connectivity index (χ2n) is 6.79. The zero-order valence-corrected chi connectivity index (χ0v) is 16.0. The average molecular weight is 393 g/mol. The maximum atomic E-state index is 12.8. The molecule has 2 aromatic carbocycles. The van der Waals surface area contributed by atoms with Crippen molar-refractivity contribution in [1.29, 1.82) is 0 Å². The van der Waals surface area contributed by atoms with Crippen LogP contribution >= 0.6 is 0 Å². The molecule has 2 aromatic rings. The fourth-order valence-corrected chi connectivity index (χ4v) is 3.57. The summed E-state index contributed by atoms with van der Waals surface area (Å²) in [6.07, 6.45) is -3.64. The number of halogens is 3. The Balaban J connectivity index is 1.77. The minimum atomic E-state index is -4.38. The smallest absolute Gasteiger partial charge is 0.416 e. The maximum absolute atomic E-state index is 12.8. The number of fused-ring (bicyclic) bond motifs is 1. The van der Waals surface area contributed by atoms with Gasteiger partial charge in [-0.1, -0.05) is 12.1 Å². The van der Waals surface area contributed by atoms with E-state index >= 15 is 0 Å². The summed E-state index contributed by atoms with van der Waals surface area (Å²) in [5, 5.41) is 0. The van der Waals surface area contributed by atoms with Gasteiger partial charge in [0, 0.05) is 6.54 Å². The minimum Gasteiger partial charge on any atom is -0.493 e. The number of methoxy groups -OCH3 is 2. The quantitative estimate of drug-likeness (QED) is 0.772. The zero-order valence-electron chi connectivity index (χ0n) is 16.0. The van der Waals surface area contributed by atoms with Gasteiger partial charge in [-0.25, -0.2) is 0 Å². The lowest BCUT2D eigenvalue weighted by Gasteiger charge is -2.36. The van der Waals surface area contributed by atoms with Gasteiger partial charge >= 0.3 is 6.18 Å². The van der Waals surface area contributed by atoms with Gasteiger partial charge in [-0.2, -0.15) is 13.2 Å². The molecule has 1 aliphatic rings. The lowest BCUT2D eigenvalue weighted by Crippen LogP contribution is -2.39. The van der Waals surface area contributed by atoms with E-state index in [2.05, 4.69) is 0 Å². The first-order valence-electron chi connectivity index (χ1n) is 8.95. The molecular weight excluding hydrogens is 371 g/mol. The minimum absolute atomic E-state index is 0.0606. The first-order valence-corrected chi connectivity index (χ1v) is 8.95. The SMILES string of the molecule is COc1cc2c(cc1OC)[C@H](C)N(C(=O)Cc1ccc(C(F)(F)F)cc1)CC2. The third-order valence-corrected chi connectivity index (χ3v) is 5.14. The molecule has 4 nitrogen and oxygen atoms in total. The van der Waals surface area contributed by atoms with Crippen molar-refractivity contribution >= 4 is 5.91 Å². The molecule has 0 aromatic heterocycles. The van der Waals surface area contributed by atoms with Gasteiger partial charge in [-0.15, -0.1) is 0 Å². The normalized spacial score (nSPS) is 16.5. The number of benzene rings is 2. The van der Waals surface area contributed by atoms with Crippen molar-refractivity contribution in [3.8, 4) is 11.5 Å². The Hall–Kier alpha value is -2.70. The largest absolute Gasteiger partial charge is 0.493 e. The van der Waals surface area contributed by atoms with Crippen LogP contribution in [-0.2, 0) is 23.8 Å². The van der Waals surface area contributed by atoms with Gasteiger partial charge in [0.05, 0.1) is 32.2 Å². The van der Waals surface area contributed by atoms with Crippen LogP contribution in [0, 0.1) is 0 Å². The number of amides is 1. The molecule has 0 unspecified atom stereocenters. The molecule has 3 rings (SSSR count). The van der Waals surface area contributed by atoms with Crippen molar-refractivity contribution in [3.05, 3.63) is 58.7 Å². The van der Waals surface area contributed by atoms with E-state index in [1.165, 1.54) is 12.1 Å². The predicted octanol–water partition coefficient (Wildman–Crippen LogP) is 4.41. The van der Waals surface area contributed by atoms with E-state index in [1.54, 1.807) is 19.1 Å². The summed E-state index contributed by atoms with van der Waals surface area (Å²) in [5.41, 5.74) is 1.93. The highest BCUT2D eigenvalue weighted by Gasteiger charge is 2.31. The van der Waals surface area contributed by atoms with Gasteiger partial charge < -0.3 is 14.4 Å². The molecular formula is C21H22F3NO3. The third-order valence-electron chi connectivity index (χ3n) is 5.14. The first-order chi connectivity index (χ1) is 13.2. The third kappa shape index (κ3) is 3.93. The van der Waals surface area contributed by atoms with Gasteiger partial charge in [0.15, 0.2) is 11.5 Å². The van der Waals surface area contributed by atoms with E-state index in [4.69, 9.17) is 9.47 Å². The lowest BCUT2D eigenvalue weighted by atomic mass is 9.92. The van der Waals surface area contributed by atoms with Crippen LogP contribution < -0.4 is 9.47 Å². The molecule has 1 heterocycles. The van der Waals surface area contributed by atoms with E-state index in [0.717, 1.165) is 23.3 Å². The summed E-state index contributed by atoms with van der Waals surface area (Å²) < 4.78 is 48.8. The van der Waals surface area contributed by atoms with E-state index in [0.29, 0.717) is 30.0 Å². The Morgan fingerprint density at radius 2 is 1.71 bits per heavy atom. The van der Waals surface area contributed by atoms with Gasteiger partial charge in [0.25, 0.3) is 0 Å². The Labute approximate surface area is 161 Å². The molecule has 0 spiro atoms. The number of alkyl halides is 3. The molecule has 0 saturated carbocycles. The van der Waals surface area contributed by atoms with Crippen LogP contribution in [0.3, 0.4) is 0 Å². The van der Waals surface area contributed by atoms with Crippen molar-refractivity contribution in [2.24, 2.45) is 0 Å². The molecule has 0 bridgehead atoms. The van der Waals surface area contributed by atoms with Gasteiger partial charge in [0.1, 0.15) is 0 Å². The lowest BCUT2D eigenvalue weighted by molar-refractivity contribution is -0.137.